The summed E-state index contributed by atoms with van der Waals surface area (Å²) in [5.41, 5.74) is 16.4. The Hall–Kier alpha value is -8.18. The third kappa shape index (κ3) is 5.95. The quantitative estimate of drug-likeness (QED) is 0.160. The van der Waals surface area contributed by atoms with Crippen LogP contribution in [0.3, 0.4) is 0 Å². The van der Waals surface area contributed by atoms with Crippen molar-refractivity contribution in [1.82, 2.24) is 0 Å². The van der Waals surface area contributed by atoms with Crippen LogP contribution in [0.15, 0.2) is 233 Å². The summed E-state index contributed by atoms with van der Waals surface area (Å²) < 4.78 is 14.9. The van der Waals surface area contributed by atoms with E-state index < -0.39 is 0 Å². The van der Waals surface area contributed by atoms with Gasteiger partial charge in [-0.1, -0.05) is 158 Å². The molecule has 0 atom stereocenters. The lowest BCUT2D eigenvalue weighted by molar-refractivity contribution is 0.668. The first-order chi connectivity index (χ1) is 31.7. The first-order valence-electron chi connectivity index (χ1n) is 21.6. The molecule has 10 aromatic carbocycles. The standard InChI is InChI=1S/C60H37NO2S/c1-3-12-40(13-4-1)46-32-33-47(41-14-5-2-6-15-41)60-58(46)50-18-11-19-53(59(50)64-60)61(44-28-22-38(23-29-44)42-26-34-56-51(36-42)48-16-7-9-20-54(48)62-56)45-30-24-39(25-31-45)43-27-35-57-52(37-43)49-17-8-10-21-55(49)63-57/h1-37H. The number of furan rings is 2. The first kappa shape index (κ1) is 36.5. The molecule has 300 valence electrons. The van der Waals surface area contributed by atoms with Crippen LogP contribution in [-0.2, 0) is 0 Å². The molecule has 0 saturated heterocycles. The summed E-state index contributed by atoms with van der Waals surface area (Å²) in [6.07, 6.45) is 0. The van der Waals surface area contributed by atoms with Gasteiger partial charge in [-0.25, -0.2) is 0 Å². The van der Waals surface area contributed by atoms with Crippen LogP contribution in [0.2, 0.25) is 0 Å². The highest BCUT2D eigenvalue weighted by atomic mass is 32.1. The van der Waals surface area contributed by atoms with Gasteiger partial charge < -0.3 is 13.7 Å². The Morgan fingerprint density at radius 3 is 1.31 bits per heavy atom. The normalized spacial score (nSPS) is 11.8. The minimum Gasteiger partial charge on any atom is -0.456 e. The number of hydrogen-bond donors (Lipinski definition) is 0. The Balaban J connectivity index is 0.984. The van der Waals surface area contributed by atoms with Crippen molar-refractivity contribution in [3.05, 3.63) is 224 Å². The average Bonchev–Trinajstić information content (AvgIpc) is 4.06. The number of fused-ring (bicyclic) bond motifs is 9. The van der Waals surface area contributed by atoms with E-state index in [9.17, 15) is 0 Å². The zero-order valence-electron chi connectivity index (χ0n) is 34.5. The smallest absolute Gasteiger partial charge is 0.135 e. The van der Waals surface area contributed by atoms with Gasteiger partial charge >= 0.3 is 0 Å². The fraction of sp³-hybridized carbons (Fsp3) is 0. The predicted molar refractivity (Wildman–Crippen MR) is 270 cm³/mol. The summed E-state index contributed by atoms with van der Waals surface area (Å²) in [6, 6.07) is 80.6. The van der Waals surface area contributed by atoms with Crippen LogP contribution in [0.5, 0.6) is 0 Å². The summed E-state index contributed by atoms with van der Waals surface area (Å²) in [5, 5.41) is 7.04. The second kappa shape index (κ2) is 14.7. The zero-order chi connectivity index (χ0) is 42.1. The van der Waals surface area contributed by atoms with E-state index >= 15 is 0 Å². The van der Waals surface area contributed by atoms with Crippen molar-refractivity contribution in [1.29, 1.82) is 0 Å². The van der Waals surface area contributed by atoms with Crippen LogP contribution in [0, 0.1) is 0 Å². The summed E-state index contributed by atoms with van der Waals surface area (Å²) in [7, 11) is 0. The Kier molecular flexibility index (Phi) is 8.40. The van der Waals surface area contributed by atoms with Crippen molar-refractivity contribution in [3.8, 4) is 44.5 Å². The Morgan fingerprint density at radius 1 is 0.297 bits per heavy atom. The summed E-state index contributed by atoms with van der Waals surface area (Å²) >= 11 is 1.88. The molecule has 3 aromatic heterocycles. The number of thiophene rings is 1. The van der Waals surface area contributed by atoms with Crippen molar-refractivity contribution in [3.63, 3.8) is 0 Å². The second-order valence-electron chi connectivity index (χ2n) is 16.4. The summed E-state index contributed by atoms with van der Waals surface area (Å²) in [6.45, 7) is 0. The van der Waals surface area contributed by atoms with Crippen LogP contribution in [0.1, 0.15) is 0 Å². The van der Waals surface area contributed by atoms with E-state index in [1.54, 1.807) is 0 Å². The molecule has 13 aromatic rings. The lowest BCUT2D eigenvalue weighted by Crippen LogP contribution is -2.10. The third-order valence-corrected chi connectivity index (χ3v) is 14.0. The van der Waals surface area contributed by atoms with Gasteiger partial charge in [-0.05, 0) is 111 Å². The molecule has 3 nitrogen and oxygen atoms in total. The number of para-hydroxylation sites is 2. The molecule has 0 saturated carbocycles. The molecule has 0 radical (unpaired) electrons. The van der Waals surface area contributed by atoms with Gasteiger partial charge in [-0.3, -0.25) is 0 Å². The zero-order valence-corrected chi connectivity index (χ0v) is 35.4. The van der Waals surface area contributed by atoms with Crippen molar-refractivity contribution in [2.24, 2.45) is 0 Å². The van der Waals surface area contributed by atoms with Gasteiger partial charge in [0.1, 0.15) is 22.3 Å². The molecule has 3 heterocycles. The lowest BCUT2D eigenvalue weighted by Gasteiger charge is -2.26. The second-order valence-corrected chi connectivity index (χ2v) is 17.4. The molecule has 4 heteroatoms. The molecule has 0 amide bonds. The number of anilines is 3. The van der Waals surface area contributed by atoms with E-state index in [2.05, 4.69) is 205 Å². The molecule has 0 fully saturated rings. The topological polar surface area (TPSA) is 29.5 Å². The molecule has 0 bridgehead atoms. The minimum absolute atomic E-state index is 0.900. The highest BCUT2D eigenvalue weighted by Gasteiger charge is 2.22. The largest absolute Gasteiger partial charge is 0.456 e. The van der Waals surface area contributed by atoms with Crippen molar-refractivity contribution in [2.45, 2.75) is 0 Å². The van der Waals surface area contributed by atoms with Gasteiger partial charge in [-0.2, -0.15) is 0 Å². The van der Waals surface area contributed by atoms with Crippen molar-refractivity contribution >= 4 is 92.4 Å². The van der Waals surface area contributed by atoms with Crippen LogP contribution in [0.4, 0.5) is 17.1 Å². The molecule has 0 N–H and O–H groups in total. The van der Waals surface area contributed by atoms with Gasteiger partial charge in [0.25, 0.3) is 0 Å². The molecule has 64 heavy (non-hydrogen) atoms. The summed E-state index contributed by atoms with van der Waals surface area (Å²) in [5.74, 6) is 0. The van der Waals surface area contributed by atoms with Gasteiger partial charge in [0, 0.05) is 48.4 Å². The molecular weight excluding hydrogens is 799 g/mol. The van der Waals surface area contributed by atoms with Crippen LogP contribution in [0.25, 0.3) is 109 Å². The fourth-order valence-electron chi connectivity index (χ4n) is 9.61. The fourth-order valence-corrected chi connectivity index (χ4v) is 11.0. The molecule has 0 spiro atoms. The van der Waals surface area contributed by atoms with Crippen molar-refractivity contribution in [2.75, 3.05) is 4.90 Å². The molecule has 0 aliphatic heterocycles. The van der Waals surface area contributed by atoms with E-state index in [1.165, 1.54) is 42.4 Å². The van der Waals surface area contributed by atoms with E-state index in [4.69, 9.17) is 8.83 Å². The van der Waals surface area contributed by atoms with E-state index in [0.29, 0.717) is 0 Å². The van der Waals surface area contributed by atoms with E-state index in [0.717, 1.165) is 83.2 Å². The van der Waals surface area contributed by atoms with Gasteiger partial charge in [0.15, 0.2) is 0 Å². The maximum absolute atomic E-state index is 6.17. The predicted octanol–water partition coefficient (Wildman–Crippen LogP) is 18.0. The first-order valence-corrected chi connectivity index (χ1v) is 22.5. The number of hydrogen-bond acceptors (Lipinski definition) is 4. The molecule has 0 aliphatic rings. The van der Waals surface area contributed by atoms with E-state index in [1.807, 2.05) is 35.6 Å². The Bertz CT molecular complexity index is 3720. The number of rotatable bonds is 7. The Labute approximate surface area is 373 Å². The minimum atomic E-state index is 0.900. The van der Waals surface area contributed by atoms with Gasteiger partial charge in [-0.15, -0.1) is 11.3 Å². The lowest BCUT2D eigenvalue weighted by atomic mass is 9.95. The monoisotopic (exact) mass is 835 g/mol. The molecule has 0 unspecified atom stereocenters. The summed E-state index contributed by atoms with van der Waals surface area (Å²) in [4.78, 5) is 2.43. The van der Waals surface area contributed by atoms with Crippen LogP contribution < -0.4 is 4.90 Å². The highest BCUT2D eigenvalue weighted by Crippen LogP contribution is 2.50. The average molecular weight is 836 g/mol. The third-order valence-electron chi connectivity index (χ3n) is 12.7. The SMILES string of the molecule is c1ccc(-c2ccc(-c3ccccc3)c3c2sc2c(N(c4ccc(-c5ccc6oc7ccccc7c6c5)cc4)c4ccc(-c5ccc6oc7ccccc7c6c5)cc4)cccc23)cc1. The van der Waals surface area contributed by atoms with E-state index in [-0.39, 0.29) is 0 Å². The number of nitrogens with zero attached hydrogens (tertiary/aromatic N) is 1. The highest BCUT2D eigenvalue weighted by molar-refractivity contribution is 7.27. The van der Waals surface area contributed by atoms with Gasteiger partial charge in [0.05, 0.1) is 10.4 Å². The molecular formula is C60H37NO2S. The van der Waals surface area contributed by atoms with Gasteiger partial charge in [0.2, 0.25) is 0 Å². The van der Waals surface area contributed by atoms with Crippen LogP contribution in [-0.4, -0.2) is 0 Å². The maximum Gasteiger partial charge on any atom is 0.135 e. The molecule has 13 rings (SSSR count). The van der Waals surface area contributed by atoms with Crippen LogP contribution >= 0.6 is 11.3 Å². The number of benzene rings is 10. The maximum atomic E-state index is 6.17. The Morgan fingerprint density at radius 2 is 0.750 bits per heavy atom. The molecule has 0 aliphatic carbocycles. The van der Waals surface area contributed by atoms with Crippen molar-refractivity contribution < 1.29 is 8.83 Å².